The number of hydrogen-bond donors (Lipinski definition) is 3. The molecule has 0 aromatic heterocycles. The number of rotatable bonds is 10. The third kappa shape index (κ3) is 10.1. The van der Waals surface area contributed by atoms with Gasteiger partial charge in [-0.25, -0.2) is 9.59 Å². The van der Waals surface area contributed by atoms with Gasteiger partial charge in [0.15, 0.2) is 5.78 Å². The lowest BCUT2D eigenvalue weighted by atomic mass is 9.89. The molecule has 0 heterocycles. The van der Waals surface area contributed by atoms with Crippen LogP contribution in [-0.2, 0) is 14.4 Å². The van der Waals surface area contributed by atoms with Crippen LogP contribution >= 0.6 is 24.8 Å². The molecule has 1 aliphatic carbocycles. The van der Waals surface area contributed by atoms with Crippen molar-refractivity contribution in [1.82, 2.24) is 0 Å². The third-order valence-electron chi connectivity index (χ3n) is 6.71. The fourth-order valence-corrected chi connectivity index (χ4v) is 3.93. The van der Waals surface area contributed by atoms with Crippen molar-refractivity contribution in [3.63, 3.8) is 0 Å². The number of aliphatic hydroxyl groups is 1. The van der Waals surface area contributed by atoms with Crippen LogP contribution in [0.15, 0.2) is 71.5 Å². The molecular formula is C32H40Cl2N2O6. The molecule has 0 radical (unpaired) electrons. The summed E-state index contributed by atoms with van der Waals surface area (Å²) < 4.78 is 10.6. The maximum Gasteiger partial charge on any atom is 0.328 e. The average Bonchev–Trinajstić information content (AvgIpc) is 2.93. The minimum absolute atomic E-state index is 0. The Morgan fingerprint density at radius 3 is 1.67 bits per heavy atom. The summed E-state index contributed by atoms with van der Waals surface area (Å²) in [7, 11) is 0. The maximum absolute atomic E-state index is 12.9. The summed E-state index contributed by atoms with van der Waals surface area (Å²) in [6.07, 6.45) is 6.73. The van der Waals surface area contributed by atoms with Crippen molar-refractivity contribution < 1.29 is 29.0 Å². The highest BCUT2D eigenvalue weighted by molar-refractivity contribution is 6.07. The second-order valence-electron chi connectivity index (χ2n) is 10.6. The molecule has 0 spiro atoms. The van der Waals surface area contributed by atoms with Gasteiger partial charge in [-0.3, -0.25) is 4.79 Å². The molecule has 8 nitrogen and oxygen atoms in total. The summed E-state index contributed by atoms with van der Waals surface area (Å²) in [6, 6.07) is 12.2. The maximum atomic E-state index is 12.9. The second-order valence-corrected chi connectivity index (χ2v) is 10.6. The van der Waals surface area contributed by atoms with E-state index in [0.29, 0.717) is 35.5 Å². The van der Waals surface area contributed by atoms with E-state index >= 15 is 0 Å². The molecule has 0 fully saturated rings. The van der Waals surface area contributed by atoms with Crippen LogP contribution in [-0.4, -0.2) is 34.9 Å². The largest absolute Gasteiger partial charge is 0.507 e. The SMILES string of the molecule is CC(C)C(N)C(=O)Oc1ccc(/C=C/C(=O)C2=C(O)/C(=C/c3ccc(OC(=O)C(N)C(C)C)cc3)CCC2)cc1.Cl.Cl. The Bertz CT molecular complexity index is 1320. The van der Waals surface area contributed by atoms with Crippen molar-refractivity contribution >= 4 is 54.7 Å². The van der Waals surface area contributed by atoms with E-state index in [0.717, 1.165) is 17.5 Å². The smallest absolute Gasteiger partial charge is 0.328 e. The summed E-state index contributed by atoms with van der Waals surface area (Å²) in [6.45, 7) is 7.39. The van der Waals surface area contributed by atoms with Gasteiger partial charge in [-0.2, -0.15) is 0 Å². The molecule has 0 saturated heterocycles. The lowest BCUT2D eigenvalue weighted by Crippen LogP contribution is -2.38. The van der Waals surface area contributed by atoms with Crippen LogP contribution in [0.5, 0.6) is 11.5 Å². The van der Waals surface area contributed by atoms with Crippen LogP contribution in [0.25, 0.3) is 12.2 Å². The zero-order valence-electron chi connectivity index (χ0n) is 24.2. The van der Waals surface area contributed by atoms with Crippen LogP contribution in [0, 0.1) is 11.8 Å². The van der Waals surface area contributed by atoms with Crippen LogP contribution in [0.2, 0.25) is 0 Å². The first-order valence-electron chi connectivity index (χ1n) is 13.5. The molecule has 42 heavy (non-hydrogen) atoms. The molecule has 5 N–H and O–H groups in total. The van der Waals surface area contributed by atoms with Crippen molar-refractivity contribution in [2.24, 2.45) is 23.3 Å². The number of carbonyl (C=O) groups excluding carboxylic acids is 3. The lowest BCUT2D eigenvalue weighted by Gasteiger charge is -2.17. The van der Waals surface area contributed by atoms with Gasteiger partial charge in [0, 0.05) is 5.57 Å². The van der Waals surface area contributed by atoms with E-state index in [1.165, 1.54) is 6.08 Å². The molecule has 228 valence electrons. The molecule has 1 aliphatic rings. The van der Waals surface area contributed by atoms with E-state index in [9.17, 15) is 19.5 Å². The number of halogens is 2. The molecular weight excluding hydrogens is 579 g/mol. The van der Waals surface area contributed by atoms with Crippen LogP contribution < -0.4 is 20.9 Å². The number of allylic oxidation sites excluding steroid dienone is 3. The van der Waals surface area contributed by atoms with E-state index in [-0.39, 0.29) is 48.2 Å². The van der Waals surface area contributed by atoms with Crippen molar-refractivity contribution in [3.05, 3.63) is 82.6 Å². The van der Waals surface area contributed by atoms with E-state index in [1.807, 2.05) is 33.8 Å². The van der Waals surface area contributed by atoms with Gasteiger partial charge in [-0.1, -0.05) is 58.0 Å². The first-order valence-corrected chi connectivity index (χ1v) is 13.5. The number of nitrogens with two attached hydrogens (primary N) is 2. The number of ketones is 1. The predicted molar refractivity (Wildman–Crippen MR) is 170 cm³/mol. The van der Waals surface area contributed by atoms with Crippen LogP contribution in [0.4, 0.5) is 0 Å². The van der Waals surface area contributed by atoms with E-state index in [2.05, 4.69) is 0 Å². The highest BCUT2D eigenvalue weighted by Crippen LogP contribution is 2.31. The van der Waals surface area contributed by atoms with Gasteiger partial charge in [0.1, 0.15) is 29.3 Å². The molecule has 0 bridgehead atoms. The Labute approximate surface area is 259 Å². The fourth-order valence-electron chi connectivity index (χ4n) is 3.93. The molecule has 0 aliphatic heterocycles. The zero-order chi connectivity index (χ0) is 29.4. The predicted octanol–water partition coefficient (Wildman–Crippen LogP) is 5.97. The molecule has 3 rings (SSSR count). The summed E-state index contributed by atoms with van der Waals surface area (Å²) in [5, 5.41) is 10.9. The molecule has 2 unspecified atom stereocenters. The number of aliphatic hydroxyl groups excluding tert-OH is 1. The number of carbonyl (C=O) groups is 3. The minimum atomic E-state index is -0.703. The van der Waals surface area contributed by atoms with Gasteiger partial charge in [0.25, 0.3) is 0 Å². The number of benzene rings is 2. The fraction of sp³-hybridized carbons (Fsp3) is 0.344. The zero-order valence-corrected chi connectivity index (χ0v) is 25.9. The molecule has 2 aromatic carbocycles. The van der Waals surface area contributed by atoms with Gasteiger partial charge >= 0.3 is 11.9 Å². The first-order chi connectivity index (χ1) is 19.0. The van der Waals surface area contributed by atoms with Crippen molar-refractivity contribution in [2.45, 2.75) is 59.0 Å². The monoisotopic (exact) mass is 618 g/mol. The quantitative estimate of drug-likeness (QED) is 0.168. The molecule has 10 heteroatoms. The van der Waals surface area contributed by atoms with Crippen molar-refractivity contribution in [1.29, 1.82) is 0 Å². The molecule has 0 amide bonds. The second kappa shape index (κ2) is 16.9. The third-order valence-corrected chi connectivity index (χ3v) is 6.71. The van der Waals surface area contributed by atoms with Gasteiger partial charge in [-0.05, 0) is 84.2 Å². The van der Waals surface area contributed by atoms with Crippen molar-refractivity contribution in [3.8, 4) is 11.5 Å². The first kappa shape index (κ1) is 36.6. The van der Waals surface area contributed by atoms with E-state index < -0.39 is 24.0 Å². The lowest BCUT2D eigenvalue weighted by molar-refractivity contribution is -0.137. The number of esters is 2. The normalized spacial score (nSPS) is 15.7. The van der Waals surface area contributed by atoms with Crippen LogP contribution in [0.1, 0.15) is 58.1 Å². The highest BCUT2D eigenvalue weighted by Gasteiger charge is 2.22. The van der Waals surface area contributed by atoms with Gasteiger partial charge < -0.3 is 26.0 Å². The van der Waals surface area contributed by atoms with Gasteiger partial charge in [0.05, 0.1) is 0 Å². The Hall–Kier alpha value is -3.43. The Morgan fingerprint density at radius 2 is 1.21 bits per heavy atom. The average molecular weight is 620 g/mol. The molecule has 0 saturated carbocycles. The Balaban J connectivity index is 0.00000441. The molecule has 2 atom stereocenters. The van der Waals surface area contributed by atoms with Crippen LogP contribution in [0.3, 0.4) is 0 Å². The Morgan fingerprint density at radius 1 is 0.762 bits per heavy atom. The summed E-state index contributed by atoms with van der Waals surface area (Å²) in [5.74, 6) is -0.578. The summed E-state index contributed by atoms with van der Waals surface area (Å²) in [5.41, 5.74) is 14.2. The summed E-state index contributed by atoms with van der Waals surface area (Å²) in [4.78, 5) is 37.0. The topological polar surface area (TPSA) is 142 Å². The minimum Gasteiger partial charge on any atom is -0.507 e. The number of hydrogen-bond acceptors (Lipinski definition) is 8. The highest BCUT2D eigenvalue weighted by atomic mass is 35.5. The standard InChI is InChI=1S/C32H38N2O6.2ClH/c1-19(2)28(33)31(37)39-24-13-8-21(9-14-24)12-17-27(35)26-7-5-6-23(30(26)36)18-22-10-15-25(16-11-22)40-32(38)29(34)20(3)4;;/h8-20,28-29,36H,5-7,33-34H2,1-4H3;2*1H/b17-12+,23-18+;;. The van der Waals surface area contributed by atoms with E-state index in [1.54, 1.807) is 54.6 Å². The van der Waals surface area contributed by atoms with Gasteiger partial charge in [-0.15, -0.1) is 24.8 Å². The van der Waals surface area contributed by atoms with Gasteiger partial charge in [0.2, 0.25) is 0 Å². The van der Waals surface area contributed by atoms with E-state index in [4.69, 9.17) is 20.9 Å². The number of ether oxygens (including phenoxy) is 2. The summed E-state index contributed by atoms with van der Waals surface area (Å²) >= 11 is 0. The molecule has 2 aromatic rings. The van der Waals surface area contributed by atoms with Crippen molar-refractivity contribution in [2.75, 3.05) is 0 Å². The Kier molecular flexibility index (Phi) is 14.7.